The Balaban J connectivity index is 1.95. The van der Waals surface area contributed by atoms with Crippen LogP contribution in [0.5, 0.6) is 0 Å². The van der Waals surface area contributed by atoms with Crippen molar-refractivity contribution in [1.82, 2.24) is 19.7 Å². The number of aryl methyl sites for hydroxylation is 1. The largest absolute Gasteiger partial charge is 0.324 e. The number of nitro groups is 1. The highest BCUT2D eigenvalue weighted by Crippen LogP contribution is 2.22. The monoisotopic (exact) mass is 258 g/mol. The van der Waals surface area contributed by atoms with E-state index in [4.69, 9.17) is 0 Å². The molecular weight excluding hydrogens is 248 g/mol. The van der Waals surface area contributed by atoms with Gasteiger partial charge in [0.1, 0.15) is 0 Å². The number of hydrogen-bond acceptors (Lipinski definition) is 5. The minimum absolute atomic E-state index is 0.0316. The van der Waals surface area contributed by atoms with Crippen molar-refractivity contribution in [3.05, 3.63) is 40.7 Å². The fraction of sp³-hybridized carbons (Fsp3) is 0.0909. The Bertz CT molecular complexity index is 759. The summed E-state index contributed by atoms with van der Waals surface area (Å²) in [6.07, 6.45) is 3.46. The number of rotatable bonds is 3. The summed E-state index contributed by atoms with van der Waals surface area (Å²) in [6.45, 7) is 0. The molecule has 0 aliphatic carbocycles. The van der Waals surface area contributed by atoms with Gasteiger partial charge in [-0.3, -0.25) is 14.8 Å². The molecule has 19 heavy (non-hydrogen) atoms. The van der Waals surface area contributed by atoms with Crippen molar-refractivity contribution in [1.29, 1.82) is 0 Å². The quantitative estimate of drug-likeness (QED) is 0.552. The molecule has 0 amide bonds. The molecule has 0 radical (unpaired) electrons. The average molecular weight is 258 g/mol. The average Bonchev–Trinajstić information content (AvgIpc) is 2.94. The van der Waals surface area contributed by atoms with E-state index in [1.807, 2.05) is 7.05 Å². The first-order valence-corrected chi connectivity index (χ1v) is 5.51. The second kappa shape index (κ2) is 4.09. The van der Waals surface area contributed by atoms with Crippen LogP contribution in [0.25, 0.3) is 11.0 Å². The summed E-state index contributed by atoms with van der Waals surface area (Å²) < 4.78 is 1.66. The number of non-ortho nitro benzene ring substituents is 1. The number of benzene rings is 1. The predicted octanol–water partition coefficient (Wildman–Crippen LogP) is 1.95. The molecule has 0 bridgehead atoms. The Kier molecular flexibility index (Phi) is 2.41. The number of nitro benzene ring substituents is 1. The maximum atomic E-state index is 10.7. The highest BCUT2D eigenvalue weighted by atomic mass is 16.6. The van der Waals surface area contributed by atoms with E-state index in [9.17, 15) is 10.1 Å². The van der Waals surface area contributed by atoms with Gasteiger partial charge in [-0.2, -0.15) is 5.10 Å². The van der Waals surface area contributed by atoms with Crippen molar-refractivity contribution >= 4 is 28.4 Å². The van der Waals surface area contributed by atoms with E-state index in [0.29, 0.717) is 17.0 Å². The van der Waals surface area contributed by atoms with Gasteiger partial charge >= 0.3 is 0 Å². The maximum Gasteiger partial charge on any atom is 0.271 e. The highest BCUT2D eigenvalue weighted by Gasteiger charge is 2.09. The van der Waals surface area contributed by atoms with Crippen molar-refractivity contribution in [3.63, 3.8) is 0 Å². The molecular formula is C11H10N6O2. The Morgan fingerprint density at radius 2 is 2.32 bits per heavy atom. The lowest BCUT2D eigenvalue weighted by atomic mass is 10.3. The molecule has 0 saturated heterocycles. The Morgan fingerprint density at radius 1 is 1.47 bits per heavy atom. The molecule has 0 saturated carbocycles. The van der Waals surface area contributed by atoms with Crippen LogP contribution in [0.3, 0.4) is 0 Å². The van der Waals surface area contributed by atoms with E-state index in [0.717, 1.165) is 5.69 Å². The summed E-state index contributed by atoms with van der Waals surface area (Å²) in [5.74, 6) is 0.517. The summed E-state index contributed by atoms with van der Waals surface area (Å²) in [5, 5.41) is 17.8. The first kappa shape index (κ1) is 11.2. The summed E-state index contributed by atoms with van der Waals surface area (Å²) in [5.41, 5.74) is 2.10. The molecule has 1 aromatic carbocycles. The first-order valence-electron chi connectivity index (χ1n) is 5.51. The molecule has 0 spiro atoms. The fourth-order valence-corrected chi connectivity index (χ4v) is 1.79. The SMILES string of the molecule is Cn1cc(Nc2nc3ccc([N+](=O)[O-])cc3[nH]2)cn1. The van der Waals surface area contributed by atoms with Gasteiger partial charge in [0.25, 0.3) is 5.69 Å². The predicted molar refractivity (Wildman–Crippen MR) is 69.2 cm³/mol. The fourth-order valence-electron chi connectivity index (χ4n) is 1.79. The number of H-pyrrole nitrogens is 1. The zero-order chi connectivity index (χ0) is 13.4. The molecule has 8 heteroatoms. The van der Waals surface area contributed by atoms with Crippen molar-refractivity contribution in [2.45, 2.75) is 0 Å². The summed E-state index contributed by atoms with van der Waals surface area (Å²) in [4.78, 5) is 17.5. The van der Waals surface area contributed by atoms with E-state index >= 15 is 0 Å². The molecule has 0 aliphatic rings. The number of nitrogens with one attached hydrogen (secondary N) is 2. The van der Waals surface area contributed by atoms with Crippen LogP contribution in [0, 0.1) is 10.1 Å². The van der Waals surface area contributed by atoms with Gasteiger partial charge in [-0.25, -0.2) is 4.98 Å². The third-order valence-electron chi connectivity index (χ3n) is 2.64. The Hall–Kier alpha value is -2.90. The van der Waals surface area contributed by atoms with E-state index in [-0.39, 0.29) is 5.69 Å². The molecule has 3 aromatic rings. The molecule has 0 atom stereocenters. The number of hydrogen-bond donors (Lipinski definition) is 2. The molecule has 2 N–H and O–H groups in total. The summed E-state index contributed by atoms with van der Waals surface area (Å²) in [6, 6.07) is 4.49. The molecule has 0 unspecified atom stereocenters. The summed E-state index contributed by atoms with van der Waals surface area (Å²) >= 11 is 0. The molecule has 2 aromatic heterocycles. The number of nitrogens with zero attached hydrogens (tertiary/aromatic N) is 4. The van der Waals surface area contributed by atoms with Crippen LogP contribution in [-0.4, -0.2) is 24.7 Å². The molecule has 2 heterocycles. The molecule has 96 valence electrons. The third kappa shape index (κ3) is 2.10. The lowest BCUT2D eigenvalue weighted by Crippen LogP contribution is -1.90. The lowest BCUT2D eigenvalue weighted by Gasteiger charge is -1.95. The van der Waals surface area contributed by atoms with E-state index in [1.165, 1.54) is 12.1 Å². The van der Waals surface area contributed by atoms with Gasteiger partial charge in [-0.1, -0.05) is 0 Å². The van der Waals surface area contributed by atoms with Gasteiger partial charge in [-0.15, -0.1) is 0 Å². The number of anilines is 2. The van der Waals surface area contributed by atoms with Crippen LogP contribution >= 0.6 is 0 Å². The number of fused-ring (bicyclic) bond motifs is 1. The van der Waals surface area contributed by atoms with Gasteiger partial charge < -0.3 is 10.3 Å². The van der Waals surface area contributed by atoms with Crippen LogP contribution in [0.15, 0.2) is 30.6 Å². The van der Waals surface area contributed by atoms with Crippen molar-refractivity contribution in [3.8, 4) is 0 Å². The topological polar surface area (TPSA) is 102 Å². The van der Waals surface area contributed by atoms with Gasteiger partial charge in [-0.05, 0) is 6.07 Å². The molecule has 0 fully saturated rings. The normalized spacial score (nSPS) is 10.8. The second-order valence-corrected chi connectivity index (χ2v) is 4.07. The van der Waals surface area contributed by atoms with E-state index < -0.39 is 4.92 Å². The zero-order valence-corrected chi connectivity index (χ0v) is 9.99. The van der Waals surface area contributed by atoms with Gasteiger partial charge in [0.15, 0.2) is 0 Å². The van der Waals surface area contributed by atoms with E-state index in [2.05, 4.69) is 20.4 Å². The van der Waals surface area contributed by atoms with Gasteiger partial charge in [0, 0.05) is 25.4 Å². The standard InChI is InChI=1S/C11H10N6O2/c1-16-6-7(5-12-16)13-11-14-9-3-2-8(17(18)19)4-10(9)15-11/h2-6H,1H3,(H2,13,14,15). The van der Waals surface area contributed by atoms with Crippen LogP contribution in [0.4, 0.5) is 17.3 Å². The van der Waals surface area contributed by atoms with Crippen molar-refractivity contribution < 1.29 is 4.92 Å². The minimum atomic E-state index is -0.436. The van der Waals surface area contributed by atoms with E-state index in [1.54, 1.807) is 23.1 Å². The molecule has 0 aliphatic heterocycles. The zero-order valence-electron chi connectivity index (χ0n) is 9.99. The highest BCUT2D eigenvalue weighted by molar-refractivity contribution is 5.80. The van der Waals surface area contributed by atoms with Crippen LogP contribution in [0.2, 0.25) is 0 Å². The first-order chi connectivity index (χ1) is 9.11. The van der Waals surface area contributed by atoms with Crippen molar-refractivity contribution in [2.75, 3.05) is 5.32 Å². The molecule has 3 rings (SSSR count). The second-order valence-electron chi connectivity index (χ2n) is 4.07. The van der Waals surface area contributed by atoms with Crippen LogP contribution in [-0.2, 0) is 7.05 Å². The van der Waals surface area contributed by atoms with Crippen LogP contribution in [0.1, 0.15) is 0 Å². The Morgan fingerprint density at radius 3 is 3.00 bits per heavy atom. The number of aromatic amines is 1. The smallest absolute Gasteiger partial charge is 0.271 e. The number of aromatic nitrogens is 4. The third-order valence-corrected chi connectivity index (χ3v) is 2.64. The van der Waals surface area contributed by atoms with Gasteiger partial charge in [0.2, 0.25) is 5.95 Å². The minimum Gasteiger partial charge on any atom is -0.324 e. The van der Waals surface area contributed by atoms with Crippen molar-refractivity contribution in [2.24, 2.45) is 7.05 Å². The Labute approximate surface area is 107 Å². The molecule has 8 nitrogen and oxygen atoms in total. The van der Waals surface area contributed by atoms with Crippen LogP contribution < -0.4 is 5.32 Å². The lowest BCUT2D eigenvalue weighted by molar-refractivity contribution is -0.384. The van der Waals surface area contributed by atoms with Gasteiger partial charge in [0.05, 0.1) is 27.8 Å². The number of imidazole rings is 1. The maximum absolute atomic E-state index is 10.7. The summed E-state index contributed by atoms with van der Waals surface area (Å²) in [7, 11) is 1.81.